The molecule has 2 aromatic rings. The van der Waals surface area contributed by atoms with Crippen LogP contribution in [0.25, 0.3) is 0 Å². The molecule has 0 saturated heterocycles. The van der Waals surface area contributed by atoms with Crippen molar-refractivity contribution in [1.82, 2.24) is 4.98 Å². The first-order valence-corrected chi connectivity index (χ1v) is 6.03. The van der Waals surface area contributed by atoms with Gasteiger partial charge in [0.2, 0.25) is 0 Å². The molecule has 0 radical (unpaired) electrons. The van der Waals surface area contributed by atoms with Crippen LogP contribution in [-0.2, 0) is 12.3 Å². The Morgan fingerprint density at radius 3 is 2.81 bits per heavy atom. The number of hydrogen-bond donors (Lipinski definition) is 0. The van der Waals surface area contributed by atoms with Crippen molar-refractivity contribution in [2.24, 2.45) is 0 Å². The topological polar surface area (TPSA) is 12.9 Å². The number of alkyl halides is 1. The molecule has 0 atom stereocenters. The quantitative estimate of drug-likeness (QED) is 0.765. The van der Waals surface area contributed by atoms with Crippen LogP contribution in [0.3, 0.4) is 0 Å². The van der Waals surface area contributed by atoms with Crippen molar-refractivity contribution in [3.8, 4) is 0 Å². The van der Waals surface area contributed by atoms with Crippen LogP contribution in [0, 0.1) is 11.6 Å². The van der Waals surface area contributed by atoms with Gasteiger partial charge in [-0.15, -0.1) is 22.9 Å². The second kappa shape index (κ2) is 4.89. The molecule has 0 spiro atoms. The predicted octanol–water partition coefficient (Wildman–Crippen LogP) is 3.75. The van der Waals surface area contributed by atoms with Gasteiger partial charge in [0.25, 0.3) is 0 Å². The number of hydrogen-bond acceptors (Lipinski definition) is 2. The van der Waals surface area contributed by atoms with Crippen LogP contribution in [-0.4, -0.2) is 4.98 Å². The van der Waals surface area contributed by atoms with Crippen LogP contribution in [0.4, 0.5) is 8.78 Å². The fourth-order valence-electron chi connectivity index (χ4n) is 1.33. The molecule has 0 unspecified atom stereocenters. The van der Waals surface area contributed by atoms with Crippen molar-refractivity contribution in [2.75, 3.05) is 0 Å². The lowest BCUT2D eigenvalue weighted by Crippen LogP contribution is -1.93. The first kappa shape index (κ1) is 11.5. The van der Waals surface area contributed by atoms with Crippen LogP contribution in [0.5, 0.6) is 0 Å². The minimum Gasteiger partial charge on any atom is -0.245 e. The Kier molecular flexibility index (Phi) is 3.51. The molecule has 5 heteroatoms. The maximum atomic E-state index is 13.3. The third-order valence-corrected chi connectivity index (χ3v) is 3.26. The Balaban J connectivity index is 2.22. The Hall–Kier alpha value is -1.000. The number of thiazole rings is 1. The lowest BCUT2D eigenvalue weighted by molar-refractivity contribution is 0.588. The molecule has 1 aromatic heterocycles. The standard InChI is InChI=1S/C11H8ClF2NS/c12-5-9-6-16-11(15-9)4-7-3-8(13)1-2-10(7)14/h1-3,6H,4-5H2. The fraction of sp³-hybridized carbons (Fsp3) is 0.182. The SMILES string of the molecule is Fc1ccc(F)c(Cc2nc(CCl)cs2)c1. The van der Waals surface area contributed by atoms with Crippen molar-refractivity contribution in [3.63, 3.8) is 0 Å². The fourth-order valence-corrected chi connectivity index (χ4v) is 2.38. The van der Waals surface area contributed by atoms with Gasteiger partial charge in [-0.2, -0.15) is 0 Å². The number of aromatic nitrogens is 1. The highest BCUT2D eigenvalue weighted by atomic mass is 35.5. The molecular formula is C11H8ClF2NS. The molecule has 0 amide bonds. The van der Waals surface area contributed by atoms with Gasteiger partial charge >= 0.3 is 0 Å². The van der Waals surface area contributed by atoms with Gasteiger partial charge in [0.1, 0.15) is 11.6 Å². The summed E-state index contributed by atoms with van der Waals surface area (Å²) in [7, 11) is 0. The van der Waals surface area contributed by atoms with E-state index in [1.165, 1.54) is 17.4 Å². The molecule has 0 aliphatic heterocycles. The molecule has 1 nitrogen and oxygen atoms in total. The van der Waals surface area contributed by atoms with Crippen LogP contribution < -0.4 is 0 Å². The van der Waals surface area contributed by atoms with Crippen LogP contribution >= 0.6 is 22.9 Å². The van der Waals surface area contributed by atoms with E-state index in [9.17, 15) is 8.78 Å². The first-order chi connectivity index (χ1) is 7.69. The van der Waals surface area contributed by atoms with Gasteiger partial charge in [0.05, 0.1) is 16.6 Å². The van der Waals surface area contributed by atoms with E-state index in [2.05, 4.69) is 4.98 Å². The number of halogens is 3. The van der Waals surface area contributed by atoms with E-state index >= 15 is 0 Å². The van der Waals surface area contributed by atoms with E-state index < -0.39 is 11.6 Å². The minimum atomic E-state index is -0.439. The molecule has 0 saturated carbocycles. The zero-order chi connectivity index (χ0) is 11.5. The van der Waals surface area contributed by atoms with Crippen molar-refractivity contribution < 1.29 is 8.78 Å². The van der Waals surface area contributed by atoms with Gasteiger partial charge < -0.3 is 0 Å². The smallest absolute Gasteiger partial charge is 0.127 e. The summed E-state index contributed by atoms with van der Waals surface area (Å²) in [4.78, 5) is 4.19. The summed E-state index contributed by atoms with van der Waals surface area (Å²) in [5, 5.41) is 2.56. The number of nitrogens with zero attached hydrogens (tertiary/aromatic N) is 1. The molecule has 0 aliphatic carbocycles. The van der Waals surface area contributed by atoms with Crippen molar-refractivity contribution in [3.05, 3.63) is 51.5 Å². The van der Waals surface area contributed by atoms with Gasteiger partial charge in [0, 0.05) is 11.8 Å². The third-order valence-electron chi connectivity index (χ3n) is 2.09. The average Bonchev–Trinajstić information content (AvgIpc) is 2.71. The molecule has 1 aromatic carbocycles. The highest BCUT2D eigenvalue weighted by Gasteiger charge is 2.08. The van der Waals surface area contributed by atoms with Gasteiger partial charge in [0.15, 0.2) is 0 Å². The summed E-state index contributed by atoms with van der Waals surface area (Å²) in [6.45, 7) is 0. The zero-order valence-corrected chi connectivity index (χ0v) is 9.79. The minimum absolute atomic E-state index is 0.297. The Morgan fingerprint density at radius 1 is 1.31 bits per heavy atom. The zero-order valence-electron chi connectivity index (χ0n) is 8.21. The first-order valence-electron chi connectivity index (χ1n) is 4.62. The summed E-state index contributed by atoms with van der Waals surface area (Å²) >= 11 is 7.01. The Labute approximate surface area is 101 Å². The highest BCUT2D eigenvalue weighted by Crippen LogP contribution is 2.18. The summed E-state index contributed by atoms with van der Waals surface area (Å²) in [6, 6.07) is 3.42. The van der Waals surface area contributed by atoms with Gasteiger partial charge in [-0.3, -0.25) is 0 Å². The summed E-state index contributed by atoms with van der Waals surface area (Å²) < 4.78 is 26.2. The lowest BCUT2D eigenvalue weighted by atomic mass is 10.1. The van der Waals surface area contributed by atoms with E-state index in [0.29, 0.717) is 17.9 Å². The molecule has 0 fully saturated rings. The highest BCUT2D eigenvalue weighted by molar-refractivity contribution is 7.09. The van der Waals surface area contributed by atoms with E-state index in [4.69, 9.17) is 11.6 Å². The largest absolute Gasteiger partial charge is 0.245 e. The van der Waals surface area contributed by atoms with Crippen LogP contribution in [0.1, 0.15) is 16.3 Å². The molecular weight excluding hydrogens is 252 g/mol. The lowest BCUT2D eigenvalue weighted by Gasteiger charge is -2.00. The third kappa shape index (κ3) is 2.57. The molecule has 1 heterocycles. The monoisotopic (exact) mass is 259 g/mol. The van der Waals surface area contributed by atoms with Crippen LogP contribution in [0.15, 0.2) is 23.6 Å². The number of benzene rings is 1. The molecule has 0 bridgehead atoms. The van der Waals surface area contributed by atoms with E-state index in [0.717, 1.165) is 22.8 Å². The average molecular weight is 260 g/mol. The molecule has 16 heavy (non-hydrogen) atoms. The summed E-state index contributed by atoms with van der Waals surface area (Å²) in [5.74, 6) is -0.517. The predicted molar refractivity (Wildman–Crippen MR) is 60.8 cm³/mol. The van der Waals surface area contributed by atoms with Gasteiger partial charge in [-0.05, 0) is 23.8 Å². The van der Waals surface area contributed by atoms with E-state index in [-0.39, 0.29) is 0 Å². The number of rotatable bonds is 3. The van der Waals surface area contributed by atoms with E-state index in [1.807, 2.05) is 5.38 Å². The second-order valence-electron chi connectivity index (χ2n) is 3.28. The normalized spacial score (nSPS) is 10.7. The van der Waals surface area contributed by atoms with Crippen molar-refractivity contribution in [2.45, 2.75) is 12.3 Å². The Bertz CT molecular complexity index is 498. The second-order valence-corrected chi connectivity index (χ2v) is 4.49. The molecule has 0 N–H and O–H groups in total. The maximum Gasteiger partial charge on any atom is 0.127 e. The van der Waals surface area contributed by atoms with Gasteiger partial charge in [-0.25, -0.2) is 13.8 Å². The maximum absolute atomic E-state index is 13.3. The molecule has 84 valence electrons. The van der Waals surface area contributed by atoms with Gasteiger partial charge in [-0.1, -0.05) is 0 Å². The van der Waals surface area contributed by atoms with Crippen molar-refractivity contribution in [1.29, 1.82) is 0 Å². The van der Waals surface area contributed by atoms with Crippen LogP contribution in [0.2, 0.25) is 0 Å². The molecule has 0 aliphatic rings. The van der Waals surface area contributed by atoms with E-state index in [1.54, 1.807) is 0 Å². The molecule has 2 rings (SSSR count). The Morgan fingerprint density at radius 2 is 2.12 bits per heavy atom. The summed E-state index contributed by atoms with van der Waals surface area (Å²) in [5.41, 5.74) is 1.08. The van der Waals surface area contributed by atoms with Crippen molar-refractivity contribution >= 4 is 22.9 Å². The summed E-state index contributed by atoms with van der Waals surface area (Å²) in [6.07, 6.45) is 0.297.